The largest absolute Gasteiger partial charge is 0.416 e. The number of nitrogens with zero attached hydrogens (tertiary/aromatic N) is 2. The van der Waals surface area contributed by atoms with E-state index in [-0.39, 0.29) is 17.5 Å². The molecule has 1 saturated carbocycles. The van der Waals surface area contributed by atoms with E-state index >= 15 is 0 Å². The Kier molecular flexibility index (Phi) is 6.24. The van der Waals surface area contributed by atoms with Gasteiger partial charge in [0.25, 0.3) is 0 Å². The molecule has 154 valence electrons. The highest BCUT2D eigenvalue weighted by atomic mass is 19.4. The fourth-order valence-corrected chi connectivity index (χ4v) is 3.20. The summed E-state index contributed by atoms with van der Waals surface area (Å²) in [5.74, 6) is -0.314. The first-order valence-electron chi connectivity index (χ1n) is 9.46. The fourth-order valence-electron chi connectivity index (χ4n) is 3.20. The van der Waals surface area contributed by atoms with Crippen molar-refractivity contribution < 1.29 is 22.8 Å². The van der Waals surface area contributed by atoms with Crippen molar-refractivity contribution in [2.24, 2.45) is 0 Å². The zero-order valence-corrected chi connectivity index (χ0v) is 15.8. The summed E-state index contributed by atoms with van der Waals surface area (Å²) >= 11 is 0. The molecule has 2 amide bonds. The van der Waals surface area contributed by atoms with E-state index in [1.165, 1.54) is 12.1 Å². The predicted octanol–water partition coefficient (Wildman–Crippen LogP) is 1.93. The molecule has 28 heavy (non-hydrogen) atoms. The Balaban J connectivity index is 1.47. The number of carbonyl (C=O) groups is 2. The standard InChI is InChI=1S/C19H25F3N4O2/c1-13(18(28)24-16-4-2-3-14(11-16)19(20,21)22)26-9-7-25(8-10-26)12-17(27)23-15-5-6-15/h2-4,11,13,15H,5-10,12H2,1H3,(H,23,27)(H,24,28). The van der Waals surface area contributed by atoms with Crippen LogP contribution in [0.15, 0.2) is 24.3 Å². The lowest BCUT2D eigenvalue weighted by atomic mass is 10.1. The smallest absolute Gasteiger partial charge is 0.352 e. The van der Waals surface area contributed by atoms with Crippen LogP contribution in [0.3, 0.4) is 0 Å². The molecule has 1 unspecified atom stereocenters. The van der Waals surface area contributed by atoms with Crippen LogP contribution in [0.1, 0.15) is 25.3 Å². The van der Waals surface area contributed by atoms with E-state index < -0.39 is 17.8 Å². The van der Waals surface area contributed by atoms with E-state index in [9.17, 15) is 22.8 Å². The summed E-state index contributed by atoms with van der Waals surface area (Å²) in [7, 11) is 0. The van der Waals surface area contributed by atoms with Gasteiger partial charge >= 0.3 is 6.18 Å². The lowest BCUT2D eigenvalue weighted by Crippen LogP contribution is -2.54. The summed E-state index contributed by atoms with van der Waals surface area (Å²) < 4.78 is 38.4. The quantitative estimate of drug-likeness (QED) is 0.769. The second-order valence-corrected chi connectivity index (χ2v) is 7.40. The summed E-state index contributed by atoms with van der Waals surface area (Å²) in [6.45, 7) is 4.66. The minimum Gasteiger partial charge on any atom is -0.352 e. The number of rotatable bonds is 6. The SMILES string of the molecule is CC(C(=O)Nc1cccc(C(F)(F)F)c1)N1CCN(CC(=O)NC2CC2)CC1. The van der Waals surface area contributed by atoms with Crippen molar-refractivity contribution in [3.05, 3.63) is 29.8 Å². The van der Waals surface area contributed by atoms with Crippen molar-refractivity contribution in [1.29, 1.82) is 0 Å². The first-order chi connectivity index (χ1) is 13.2. The van der Waals surface area contributed by atoms with Crippen LogP contribution in [0.5, 0.6) is 0 Å². The number of piperazine rings is 1. The molecule has 9 heteroatoms. The molecule has 3 rings (SSSR count). The number of halogens is 3. The molecule has 1 aliphatic heterocycles. The van der Waals surface area contributed by atoms with Gasteiger partial charge in [0, 0.05) is 37.9 Å². The summed E-state index contributed by atoms with van der Waals surface area (Å²) in [5, 5.41) is 5.52. The summed E-state index contributed by atoms with van der Waals surface area (Å²) in [6, 6.07) is 4.48. The molecule has 2 aliphatic rings. The van der Waals surface area contributed by atoms with Crippen molar-refractivity contribution in [2.45, 2.75) is 38.0 Å². The first-order valence-corrected chi connectivity index (χ1v) is 9.46. The molecule has 0 radical (unpaired) electrons. The van der Waals surface area contributed by atoms with Crippen LogP contribution in [-0.4, -0.2) is 66.4 Å². The molecule has 1 aromatic carbocycles. The molecule has 1 aromatic rings. The summed E-state index contributed by atoms with van der Waals surface area (Å²) in [6.07, 6.45) is -2.34. The highest BCUT2D eigenvalue weighted by Gasteiger charge is 2.31. The Morgan fingerprint density at radius 3 is 2.46 bits per heavy atom. The molecule has 1 aliphatic carbocycles. The molecule has 1 saturated heterocycles. The van der Waals surface area contributed by atoms with Crippen LogP contribution < -0.4 is 10.6 Å². The van der Waals surface area contributed by atoms with Gasteiger partial charge in [0.2, 0.25) is 11.8 Å². The molecule has 1 atom stereocenters. The monoisotopic (exact) mass is 398 g/mol. The Bertz CT molecular complexity index is 713. The Labute approximate surface area is 162 Å². The fraction of sp³-hybridized carbons (Fsp3) is 0.579. The summed E-state index contributed by atoms with van der Waals surface area (Å²) in [5.41, 5.74) is -0.668. The zero-order valence-electron chi connectivity index (χ0n) is 15.8. The van der Waals surface area contributed by atoms with Gasteiger partial charge in [0.1, 0.15) is 0 Å². The van der Waals surface area contributed by atoms with Gasteiger partial charge in [-0.15, -0.1) is 0 Å². The van der Waals surface area contributed by atoms with E-state index in [1.807, 2.05) is 9.80 Å². The average molecular weight is 398 g/mol. The Morgan fingerprint density at radius 1 is 1.18 bits per heavy atom. The third-order valence-electron chi connectivity index (χ3n) is 5.10. The van der Waals surface area contributed by atoms with Crippen LogP contribution in [-0.2, 0) is 15.8 Å². The maximum Gasteiger partial charge on any atom is 0.416 e. The lowest BCUT2D eigenvalue weighted by Gasteiger charge is -2.37. The molecule has 0 spiro atoms. The average Bonchev–Trinajstić information content (AvgIpc) is 3.45. The van der Waals surface area contributed by atoms with Crippen LogP contribution in [0.25, 0.3) is 0 Å². The maximum atomic E-state index is 12.8. The van der Waals surface area contributed by atoms with Crippen LogP contribution in [0.2, 0.25) is 0 Å². The number of hydrogen-bond acceptors (Lipinski definition) is 4. The zero-order chi connectivity index (χ0) is 20.3. The van der Waals surface area contributed by atoms with Gasteiger partial charge in [0.15, 0.2) is 0 Å². The Morgan fingerprint density at radius 2 is 1.86 bits per heavy atom. The van der Waals surface area contributed by atoms with E-state index in [1.54, 1.807) is 6.92 Å². The predicted molar refractivity (Wildman–Crippen MR) is 98.7 cm³/mol. The van der Waals surface area contributed by atoms with Gasteiger partial charge in [-0.1, -0.05) is 6.07 Å². The van der Waals surface area contributed by atoms with Gasteiger partial charge in [-0.3, -0.25) is 19.4 Å². The Hall–Kier alpha value is -2.13. The minimum atomic E-state index is -4.45. The number of nitrogens with one attached hydrogen (secondary N) is 2. The summed E-state index contributed by atoms with van der Waals surface area (Å²) in [4.78, 5) is 28.3. The number of alkyl halides is 3. The van der Waals surface area contributed by atoms with Crippen molar-refractivity contribution in [1.82, 2.24) is 15.1 Å². The highest BCUT2D eigenvalue weighted by molar-refractivity contribution is 5.94. The van der Waals surface area contributed by atoms with Crippen molar-refractivity contribution in [3.63, 3.8) is 0 Å². The molecule has 1 heterocycles. The molecule has 2 N–H and O–H groups in total. The molecule has 2 fully saturated rings. The van der Waals surface area contributed by atoms with Crippen LogP contribution in [0.4, 0.5) is 18.9 Å². The normalized spacial score (nSPS) is 19.9. The van der Waals surface area contributed by atoms with Gasteiger partial charge < -0.3 is 10.6 Å². The molecule has 0 bridgehead atoms. The molecule has 6 nitrogen and oxygen atoms in total. The highest BCUT2D eigenvalue weighted by Crippen LogP contribution is 2.30. The third kappa shape index (κ3) is 5.68. The first kappa shape index (κ1) is 20.6. The number of benzene rings is 1. The molecule has 0 aromatic heterocycles. The van der Waals surface area contributed by atoms with Gasteiger partial charge in [-0.05, 0) is 38.0 Å². The van der Waals surface area contributed by atoms with Crippen LogP contribution >= 0.6 is 0 Å². The van der Waals surface area contributed by atoms with Crippen molar-refractivity contribution in [3.8, 4) is 0 Å². The van der Waals surface area contributed by atoms with Gasteiger partial charge in [-0.2, -0.15) is 13.2 Å². The van der Waals surface area contributed by atoms with E-state index in [0.717, 1.165) is 25.0 Å². The van der Waals surface area contributed by atoms with Crippen LogP contribution in [0, 0.1) is 0 Å². The van der Waals surface area contributed by atoms with E-state index in [0.29, 0.717) is 38.8 Å². The second kappa shape index (κ2) is 8.48. The second-order valence-electron chi connectivity index (χ2n) is 7.40. The van der Waals surface area contributed by atoms with Crippen molar-refractivity contribution in [2.75, 3.05) is 38.0 Å². The number of carbonyl (C=O) groups excluding carboxylic acids is 2. The lowest BCUT2D eigenvalue weighted by molar-refractivity contribution is -0.137. The maximum absolute atomic E-state index is 12.8. The van der Waals surface area contributed by atoms with Crippen molar-refractivity contribution >= 4 is 17.5 Å². The van der Waals surface area contributed by atoms with Gasteiger partial charge in [-0.25, -0.2) is 0 Å². The van der Waals surface area contributed by atoms with Gasteiger partial charge in [0.05, 0.1) is 18.2 Å². The minimum absolute atomic E-state index is 0.0336. The number of anilines is 1. The molecular weight excluding hydrogens is 373 g/mol. The number of amides is 2. The van der Waals surface area contributed by atoms with E-state index in [2.05, 4.69) is 10.6 Å². The molecular formula is C19H25F3N4O2. The topological polar surface area (TPSA) is 64.7 Å². The van der Waals surface area contributed by atoms with E-state index in [4.69, 9.17) is 0 Å². The number of hydrogen-bond donors (Lipinski definition) is 2. The third-order valence-corrected chi connectivity index (χ3v) is 5.10.